The molecule has 3 aromatic rings. The molecule has 3 rings (SSSR count). The molecule has 0 spiro atoms. The van der Waals surface area contributed by atoms with E-state index in [4.69, 9.17) is 4.74 Å². The first-order valence-electron chi connectivity index (χ1n) is 8.81. The zero-order valence-corrected chi connectivity index (χ0v) is 16.2. The van der Waals surface area contributed by atoms with E-state index < -0.39 is 12.0 Å². The van der Waals surface area contributed by atoms with Crippen molar-refractivity contribution in [2.75, 3.05) is 13.7 Å². The third-order valence-electron chi connectivity index (χ3n) is 4.34. The van der Waals surface area contributed by atoms with Gasteiger partial charge in [-0.2, -0.15) is 11.3 Å². The van der Waals surface area contributed by atoms with E-state index in [0.29, 0.717) is 12.0 Å². The standard InChI is InChI=1S/C20H21N3O4S/c1-27-20(26)17(10-14-11-22-16-5-3-2-4-15(14)16)23-18(24)6-8-21-19(25)13-7-9-28-12-13/h2-5,7,9,11-12,17,22H,6,8,10H2,1H3,(H,21,25)(H,23,24)/t17-/m1/s1. The summed E-state index contributed by atoms with van der Waals surface area (Å²) in [6, 6.07) is 8.66. The number of amides is 2. The van der Waals surface area contributed by atoms with Crippen LogP contribution in [0.2, 0.25) is 0 Å². The average Bonchev–Trinajstić information content (AvgIpc) is 3.37. The molecule has 28 heavy (non-hydrogen) atoms. The number of esters is 1. The van der Waals surface area contributed by atoms with Crippen molar-refractivity contribution in [2.24, 2.45) is 0 Å². The number of fused-ring (bicyclic) bond motifs is 1. The Kier molecular flexibility index (Phi) is 6.44. The van der Waals surface area contributed by atoms with Crippen LogP contribution in [-0.2, 0) is 20.7 Å². The lowest BCUT2D eigenvalue weighted by atomic mass is 10.0. The van der Waals surface area contributed by atoms with Crippen LogP contribution in [0.25, 0.3) is 10.9 Å². The van der Waals surface area contributed by atoms with Crippen LogP contribution in [0.4, 0.5) is 0 Å². The molecule has 146 valence electrons. The maximum atomic E-state index is 12.3. The van der Waals surface area contributed by atoms with E-state index in [1.807, 2.05) is 35.8 Å². The number of H-pyrrole nitrogens is 1. The van der Waals surface area contributed by atoms with E-state index in [1.165, 1.54) is 18.4 Å². The van der Waals surface area contributed by atoms with Crippen LogP contribution < -0.4 is 10.6 Å². The molecule has 1 aromatic carbocycles. The van der Waals surface area contributed by atoms with Gasteiger partial charge >= 0.3 is 5.97 Å². The lowest BCUT2D eigenvalue weighted by molar-refractivity contribution is -0.145. The smallest absolute Gasteiger partial charge is 0.328 e. The Morgan fingerprint density at radius 1 is 1.21 bits per heavy atom. The van der Waals surface area contributed by atoms with E-state index >= 15 is 0 Å². The van der Waals surface area contributed by atoms with Crippen LogP contribution in [0.5, 0.6) is 0 Å². The van der Waals surface area contributed by atoms with Gasteiger partial charge in [-0.05, 0) is 23.1 Å². The van der Waals surface area contributed by atoms with Gasteiger partial charge in [-0.15, -0.1) is 0 Å². The zero-order valence-electron chi connectivity index (χ0n) is 15.4. The minimum Gasteiger partial charge on any atom is -0.467 e. The Balaban J connectivity index is 1.57. The lowest BCUT2D eigenvalue weighted by Gasteiger charge is -2.16. The fourth-order valence-electron chi connectivity index (χ4n) is 2.91. The number of para-hydroxylation sites is 1. The second-order valence-electron chi connectivity index (χ2n) is 6.22. The van der Waals surface area contributed by atoms with Crippen LogP contribution in [0.15, 0.2) is 47.3 Å². The summed E-state index contributed by atoms with van der Waals surface area (Å²) in [4.78, 5) is 39.4. The molecule has 0 fully saturated rings. The molecule has 8 heteroatoms. The minimum absolute atomic E-state index is 0.0667. The summed E-state index contributed by atoms with van der Waals surface area (Å²) in [6.07, 6.45) is 2.20. The molecule has 3 N–H and O–H groups in total. The van der Waals surface area contributed by atoms with Gasteiger partial charge in [0.1, 0.15) is 6.04 Å². The summed E-state index contributed by atoms with van der Waals surface area (Å²) in [5, 5.41) is 9.94. The largest absolute Gasteiger partial charge is 0.467 e. The Labute approximate surface area is 166 Å². The molecule has 0 aliphatic carbocycles. The van der Waals surface area contributed by atoms with Crippen molar-refractivity contribution in [2.45, 2.75) is 18.9 Å². The topological polar surface area (TPSA) is 100 Å². The molecule has 0 saturated carbocycles. The van der Waals surface area contributed by atoms with Crippen molar-refractivity contribution in [1.29, 1.82) is 0 Å². The van der Waals surface area contributed by atoms with Crippen LogP contribution in [0.3, 0.4) is 0 Å². The molecule has 1 atom stereocenters. The van der Waals surface area contributed by atoms with Gasteiger partial charge in [0, 0.05) is 47.4 Å². The molecule has 2 aromatic heterocycles. The number of rotatable bonds is 8. The molecule has 0 saturated heterocycles. The summed E-state index contributed by atoms with van der Waals surface area (Å²) in [6.45, 7) is 0.182. The Hall–Kier alpha value is -3.13. The molecule has 0 unspecified atom stereocenters. The summed E-state index contributed by atoms with van der Waals surface area (Å²) in [7, 11) is 1.29. The van der Waals surface area contributed by atoms with Gasteiger partial charge in [0.15, 0.2) is 0 Å². The Morgan fingerprint density at radius 3 is 2.79 bits per heavy atom. The molecule has 0 bridgehead atoms. The van der Waals surface area contributed by atoms with Crippen molar-refractivity contribution < 1.29 is 19.1 Å². The lowest BCUT2D eigenvalue weighted by Crippen LogP contribution is -2.44. The third-order valence-corrected chi connectivity index (χ3v) is 5.02. The molecular formula is C20H21N3O4S. The van der Waals surface area contributed by atoms with Crippen LogP contribution in [-0.4, -0.2) is 42.5 Å². The van der Waals surface area contributed by atoms with Gasteiger partial charge in [-0.1, -0.05) is 18.2 Å². The van der Waals surface area contributed by atoms with Gasteiger partial charge in [-0.3, -0.25) is 9.59 Å². The first-order valence-corrected chi connectivity index (χ1v) is 9.75. The van der Waals surface area contributed by atoms with Crippen molar-refractivity contribution in [3.05, 3.63) is 58.4 Å². The summed E-state index contributed by atoms with van der Waals surface area (Å²) < 4.78 is 4.83. The fraction of sp³-hybridized carbons (Fsp3) is 0.250. The number of aromatic amines is 1. The molecule has 0 radical (unpaired) electrons. The third kappa shape index (κ3) is 4.77. The summed E-state index contributed by atoms with van der Waals surface area (Å²) >= 11 is 1.43. The number of hydrogen-bond acceptors (Lipinski definition) is 5. The van der Waals surface area contributed by atoms with E-state index in [0.717, 1.165) is 16.5 Å². The molecule has 2 amide bonds. The highest BCUT2D eigenvalue weighted by Crippen LogP contribution is 2.19. The van der Waals surface area contributed by atoms with E-state index in [-0.39, 0.29) is 24.8 Å². The predicted octanol–water partition coefficient (Wildman–Crippen LogP) is 2.25. The number of carbonyl (C=O) groups excluding carboxylic acids is 3. The van der Waals surface area contributed by atoms with Crippen molar-refractivity contribution in [3.63, 3.8) is 0 Å². The average molecular weight is 399 g/mol. The van der Waals surface area contributed by atoms with E-state index in [2.05, 4.69) is 15.6 Å². The number of carbonyl (C=O) groups is 3. The molecular weight excluding hydrogens is 378 g/mol. The number of aromatic nitrogens is 1. The van der Waals surface area contributed by atoms with Gasteiger partial charge in [0.05, 0.1) is 7.11 Å². The van der Waals surface area contributed by atoms with Crippen LogP contribution in [0, 0.1) is 0 Å². The number of thiophene rings is 1. The quantitative estimate of drug-likeness (QED) is 0.506. The van der Waals surface area contributed by atoms with Crippen LogP contribution in [0.1, 0.15) is 22.3 Å². The van der Waals surface area contributed by atoms with Crippen molar-refractivity contribution >= 4 is 40.0 Å². The monoisotopic (exact) mass is 399 g/mol. The van der Waals surface area contributed by atoms with Gasteiger partial charge < -0.3 is 20.4 Å². The highest BCUT2D eigenvalue weighted by Gasteiger charge is 2.23. The highest BCUT2D eigenvalue weighted by molar-refractivity contribution is 7.08. The Morgan fingerprint density at radius 2 is 2.04 bits per heavy atom. The second kappa shape index (κ2) is 9.18. The maximum absolute atomic E-state index is 12.3. The summed E-state index contributed by atoms with van der Waals surface area (Å²) in [5.74, 6) is -1.07. The Bertz CT molecular complexity index is 965. The first kappa shape index (κ1) is 19.6. The molecule has 0 aliphatic heterocycles. The zero-order chi connectivity index (χ0) is 19.9. The normalized spacial score (nSPS) is 11.8. The number of methoxy groups -OCH3 is 1. The minimum atomic E-state index is -0.802. The number of benzene rings is 1. The fourth-order valence-corrected chi connectivity index (χ4v) is 3.54. The summed E-state index contributed by atoms with van der Waals surface area (Å²) in [5.41, 5.74) is 2.44. The SMILES string of the molecule is COC(=O)[C@@H](Cc1c[nH]c2ccccc12)NC(=O)CCNC(=O)c1ccsc1. The highest BCUT2D eigenvalue weighted by atomic mass is 32.1. The maximum Gasteiger partial charge on any atom is 0.328 e. The molecule has 2 heterocycles. The first-order chi connectivity index (χ1) is 13.6. The number of ether oxygens (including phenoxy) is 1. The van der Waals surface area contributed by atoms with Gasteiger partial charge in [0.2, 0.25) is 5.91 Å². The van der Waals surface area contributed by atoms with Gasteiger partial charge in [-0.25, -0.2) is 4.79 Å². The predicted molar refractivity (Wildman–Crippen MR) is 107 cm³/mol. The van der Waals surface area contributed by atoms with E-state index in [9.17, 15) is 14.4 Å². The van der Waals surface area contributed by atoms with E-state index in [1.54, 1.807) is 11.4 Å². The number of hydrogen-bond donors (Lipinski definition) is 3. The van der Waals surface area contributed by atoms with Crippen molar-refractivity contribution in [3.8, 4) is 0 Å². The molecule has 0 aliphatic rings. The van der Waals surface area contributed by atoms with Gasteiger partial charge in [0.25, 0.3) is 5.91 Å². The van der Waals surface area contributed by atoms with Crippen molar-refractivity contribution in [1.82, 2.24) is 15.6 Å². The van der Waals surface area contributed by atoms with Crippen LogP contribution >= 0.6 is 11.3 Å². The second-order valence-corrected chi connectivity index (χ2v) is 7.00. The molecule has 7 nitrogen and oxygen atoms in total. The number of nitrogens with one attached hydrogen (secondary N) is 3.